The Morgan fingerprint density at radius 1 is 0.694 bits per heavy atom. The van der Waals surface area contributed by atoms with Crippen molar-refractivity contribution < 1.29 is 44.7 Å². The van der Waals surface area contributed by atoms with E-state index < -0.39 is 53.5 Å². The second-order valence-corrected chi connectivity index (χ2v) is 7.42. The molecule has 0 unspecified atom stereocenters. The van der Waals surface area contributed by atoms with Crippen LogP contribution in [0.1, 0.15) is 43.1 Å². The number of nitrogens with one attached hydrogen (secondary N) is 2. The molecule has 0 atom stereocenters. The summed E-state index contributed by atoms with van der Waals surface area (Å²) >= 11 is 0. The summed E-state index contributed by atoms with van der Waals surface area (Å²) in [5.41, 5.74) is -3.41. The molecule has 0 fully saturated rings. The number of pyridine rings is 1. The molecule has 0 aliphatic carbocycles. The van der Waals surface area contributed by atoms with Gasteiger partial charge in [-0.05, 0) is 47.5 Å². The van der Waals surface area contributed by atoms with Crippen molar-refractivity contribution in [1.82, 2.24) is 15.6 Å². The van der Waals surface area contributed by atoms with Crippen LogP contribution in [0, 0.1) is 11.6 Å². The number of aromatic nitrogens is 1. The molecule has 1 heterocycles. The van der Waals surface area contributed by atoms with E-state index in [0.29, 0.717) is 24.3 Å². The molecule has 1 aromatic heterocycles. The van der Waals surface area contributed by atoms with Crippen LogP contribution in [0.15, 0.2) is 54.7 Å². The Bertz CT molecular complexity index is 1190. The van der Waals surface area contributed by atoms with Gasteiger partial charge in [0.25, 0.3) is 11.8 Å². The first-order valence-corrected chi connectivity index (χ1v) is 9.99. The summed E-state index contributed by atoms with van der Waals surface area (Å²) < 4.78 is 104. The van der Waals surface area contributed by atoms with Crippen LogP contribution in [0.25, 0.3) is 0 Å². The highest BCUT2D eigenvalue weighted by Crippen LogP contribution is 2.32. The maximum atomic E-state index is 13.4. The van der Waals surface area contributed by atoms with Gasteiger partial charge in [-0.25, -0.2) is 8.78 Å². The van der Waals surface area contributed by atoms with Crippen LogP contribution in [-0.4, -0.2) is 16.8 Å². The molecule has 0 aliphatic rings. The minimum atomic E-state index is -4.92. The zero-order valence-electron chi connectivity index (χ0n) is 17.9. The van der Waals surface area contributed by atoms with E-state index in [0.717, 1.165) is 24.4 Å². The Hall–Kier alpha value is -4.03. The molecule has 36 heavy (non-hydrogen) atoms. The van der Waals surface area contributed by atoms with Crippen LogP contribution >= 0.6 is 0 Å². The highest BCUT2D eigenvalue weighted by Gasteiger charge is 2.35. The highest BCUT2D eigenvalue weighted by atomic mass is 19.4. The maximum Gasteiger partial charge on any atom is 0.419 e. The first kappa shape index (κ1) is 26.6. The third kappa shape index (κ3) is 6.55. The van der Waals surface area contributed by atoms with Crippen molar-refractivity contribution in [2.45, 2.75) is 25.4 Å². The van der Waals surface area contributed by atoms with Crippen molar-refractivity contribution in [3.8, 4) is 0 Å². The van der Waals surface area contributed by atoms with Gasteiger partial charge in [-0.1, -0.05) is 12.1 Å². The molecule has 2 aromatic carbocycles. The van der Waals surface area contributed by atoms with Gasteiger partial charge in [-0.3, -0.25) is 14.6 Å². The summed E-state index contributed by atoms with van der Waals surface area (Å²) in [5.74, 6) is -4.56. The molecule has 0 aliphatic heterocycles. The first-order valence-electron chi connectivity index (χ1n) is 9.99. The Balaban J connectivity index is 1.65. The summed E-state index contributed by atoms with van der Waals surface area (Å²) in [4.78, 5) is 28.5. The van der Waals surface area contributed by atoms with Gasteiger partial charge in [-0.2, -0.15) is 26.3 Å². The normalized spacial score (nSPS) is 11.8. The fraction of sp³-hybridized carbons (Fsp3) is 0.174. The Kier molecular flexibility index (Phi) is 7.60. The average Bonchev–Trinajstić information content (AvgIpc) is 2.81. The molecule has 0 saturated carbocycles. The number of benzene rings is 2. The monoisotopic (exact) mass is 517 g/mol. The van der Waals surface area contributed by atoms with E-state index in [1.165, 1.54) is 6.07 Å². The van der Waals surface area contributed by atoms with Gasteiger partial charge in [0.1, 0.15) is 17.3 Å². The van der Waals surface area contributed by atoms with Crippen LogP contribution in [-0.2, 0) is 25.4 Å². The van der Waals surface area contributed by atoms with E-state index in [4.69, 9.17) is 0 Å². The number of carbonyl (C=O) groups excluding carboxylic acids is 2. The van der Waals surface area contributed by atoms with Crippen LogP contribution in [0.2, 0.25) is 0 Å². The van der Waals surface area contributed by atoms with Gasteiger partial charge < -0.3 is 10.6 Å². The van der Waals surface area contributed by atoms with Crippen molar-refractivity contribution in [3.05, 3.63) is 99.9 Å². The lowest BCUT2D eigenvalue weighted by molar-refractivity contribution is -0.140. The summed E-state index contributed by atoms with van der Waals surface area (Å²) in [6.07, 6.45) is -8.74. The molecule has 3 aromatic rings. The molecular weight excluding hydrogens is 502 g/mol. The summed E-state index contributed by atoms with van der Waals surface area (Å²) in [6, 6.07) is 6.74. The van der Waals surface area contributed by atoms with Gasteiger partial charge in [0.2, 0.25) is 0 Å². The third-order valence-corrected chi connectivity index (χ3v) is 4.83. The Morgan fingerprint density at radius 2 is 1.17 bits per heavy atom. The molecule has 190 valence electrons. The number of rotatable bonds is 6. The molecule has 0 bridgehead atoms. The summed E-state index contributed by atoms with van der Waals surface area (Å²) in [6.45, 7) is -0.773. The number of hydrogen-bond donors (Lipinski definition) is 2. The Morgan fingerprint density at radius 3 is 1.64 bits per heavy atom. The highest BCUT2D eigenvalue weighted by molar-refractivity contribution is 5.98. The van der Waals surface area contributed by atoms with Gasteiger partial charge in [0, 0.05) is 24.8 Å². The number of hydrogen-bond acceptors (Lipinski definition) is 3. The van der Waals surface area contributed by atoms with E-state index >= 15 is 0 Å². The maximum absolute atomic E-state index is 13.4. The van der Waals surface area contributed by atoms with Crippen LogP contribution in [0.4, 0.5) is 35.1 Å². The quantitative estimate of drug-likeness (QED) is 0.439. The topological polar surface area (TPSA) is 71.1 Å². The molecule has 13 heteroatoms. The van der Waals surface area contributed by atoms with Gasteiger partial charge in [0.15, 0.2) is 0 Å². The SMILES string of the molecule is O=C(NCc1ccc(F)c(C(F)(F)F)c1)c1ccnc(C(=O)NCc2ccc(F)c(C(F)(F)F)c2)c1. The lowest BCUT2D eigenvalue weighted by Gasteiger charge is -2.12. The van der Waals surface area contributed by atoms with Gasteiger partial charge in [0.05, 0.1) is 11.1 Å². The lowest BCUT2D eigenvalue weighted by Crippen LogP contribution is -2.26. The van der Waals surface area contributed by atoms with E-state index in [1.807, 2.05) is 0 Å². The molecule has 0 radical (unpaired) electrons. The second-order valence-electron chi connectivity index (χ2n) is 7.42. The van der Waals surface area contributed by atoms with Crippen molar-refractivity contribution >= 4 is 11.8 Å². The minimum absolute atomic E-state index is 0.0263. The van der Waals surface area contributed by atoms with Crippen LogP contribution in [0.5, 0.6) is 0 Å². The zero-order valence-corrected chi connectivity index (χ0v) is 17.9. The van der Waals surface area contributed by atoms with Crippen molar-refractivity contribution in [2.24, 2.45) is 0 Å². The number of amides is 2. The van der Waals surface area contributed by atoms with Gasteiger partial charge in [-0.15, -0.1) is 0 Å². The standard InChI is InChI=1S/C23H15F8N3O2/c24-17-3-1-12(7-15(17)22(26,27)28)10-33-20(35)14-5-6-32-19(9-14)21(36)34-11-13-2-4-18(25)16(8-13)23(29,30)31/h1-9H,10-11H2,(H,33,35)(H,34,36). The molecule has 2 amide bonds. The lowest BCUT2D eigenvalue weighted by atomic mass is 10.1. The summed E-state index contributed by atoms with van der Waals surface area (Å²) in [7, 11) is 0. The molecule has 0 spiro atoms. The molecule has 2 N–H and O–H groups in total. The summed E-state index contributed by atoms with van der Waals surface area (Å²) in [5, 5.41) is 4.63. The van der Waals surface area contributed by atoms with Crippen LogP contribution < -0.4 is 10.6 Å². The third-order valence-electron chi connectivity index (χ3n) is 4.83. The fourth-order valence-electron chi connectivity index (χ4n) is 3.05. The van der Waals surface area contributed by atoms with Gasteiger partial charge >= 0.3 is 12.4 Å². The van der Waals surface area contributed by atoms with Crippen molar-refractivity contribution in [1.29, 1.82) is 0 Å². The van der Waals surface area contributed by atoms with E-state index in [9.17, 15) is 44.7 Å². The molecule has 5 nitrogen and oxygen atoms in total. The minimum Gasteiger partial charge on any atom is -0.348 e. The van der Waals surface area contributed by atoms with Crippen molar-refractivity contribution in [2.75, 3.05) is 0 Å². The second kappa shape index (κ2) is 10.3. The Labute approximate surface area is 198 Å². The molecular formula is C23H15F8N3O2. The number of nitrogens with zero attached hydrogens (tertiary/aromatic N) is 1. The molecule has 3 rings (SSSR count). The smallest absolute Gasteiger partial charge is 0.348 e. The zero-order chi connectivity index (χ0) is 26.7. The first-order chi connectivity index (χ1) is 16.8. The largest absolute Gasteiger partial charge is 0.419 e. The number of alkyl halides is 6. The number of carbonyl (C=O) groups is 2. The van der Waals surface area contributed by atoms with E-state index in [1.54, 1.807) is 0 Å². The predicted octanol–water partition coefficient (Wildman–Crippen LogP) is 5.26. The van der Waals surface area contributed by atoms with Crippen LogP contribution in [0.3, 0.4) is 0 Å². The predicted molar refractivity (Wildman–Crippen MR) is 109 cm³/mol. The van der Waals surface area contributed by atoms with E-state index in [-0.39, 0.29) is 28.9 Å². The number of halogens is 8. The fourth-order valence-corrected chi connectivity index (χ4v) is 3.05. The van der Waals surface area contributed by atoms with E-state index in [2.05, 4.69) is 15.6 Å². The average molecular weight is 517 g/mol. The van der Waals surface area contributed by atoms with Crippen molar-refractivity contribution in [3.63, 3.8) is 0 Å². The molecule has 0 saturated heterocycles.